The fraction of sp³-hybridized carbons (Fsp3) is 1.00. The molecule has 4 rings (SSSR count). The Balaban J connectivity index is 1.24. The third kappa shape index (κ3) is 4.87. The van der Waals surface area contributed by atoms with Gasteiger partial charge in [-0.3, -0.25) is 4.90 Å². The zero-order valence-electron chi connectivity index (χ0n) is 17.5. The predicted molar refractivity (Wildman–Crippen MR) is 109 cm³/mol. The number of ether oxygens (including phenoxy) is 2. The van der Waals surface area contributed by atoms with Gasteiger partial charge in [-0.1, -0.05) is 19.3 Å². The van der Waals surface area contributed by atoms with Gasteiger partial charge in [0.15, 0.2) is 0 Å². The van der Waals surface area contributed by atoms with Crippen LogP contribution in [0, 0.1) is 0 Å². The van der Waals surface area contributed by atoms with Crippen molar-refractivity contribution in [2.24, 2.45) is 0 Å². The normalized spacial score (nSPS) is 35.2. The van der Waals surface area contributed by atoms with Gasteiger partial charge in [-0.2, -0.15) is 0 Å². The topological polar surface area (TPSA) is 37.0 Å². The Bertz CT molecular complexity index is 435. The Morgan fingerprint density at radius 1 is 0.963 bits per heavy atom. The Kier molecular flexibility index (Phi) is 7.09. The average molecular weight is 380 g/mol. The van der Waals surface area contributed by atoms with Crippen LogP contribution in [0.1, 0.15) is 64.7 Å². The number of likely N-dealkylation sites (tertiary alicyclic amines) is 1. The van der Waals surface area contributed by atoms with E-state index in [9.17, 15) is 0 Å². The van der Waals surface area contributed by atoms with Crippen LogP contribution in [0.15, 0.2) is 0 Å². The molecule has 1 N–H and O–H groups in total. The smallest absolute Gasteiger partial charge is 0.0611 e. The van der Waals surface area contributed by atoms with Gasteiger partial charge in [-0.15, -0.1) is 0 Å². The molecule has 2 saturated heterocycles. The SMILES string of the molecule is CCOC1CC(CNC2CCN(C3CCCCC3)CC2)(N2CCOCC2)C1. The van der Waals surface area contributed by atoms with Crippen molar-refractivity contribution in [2.75, 3.05) is 52.5 Å². The van der Waals surface area contributed by atoms with Gasteiger partial charge in [-0.05, 0) is 58.5 Å². The molecule has 2 saturated carbocycles. The van der Waals surface area contributed by atoms with E-state index in [0.717, 1.165) is 45.5 Å². The molecule has 0 atom stereocenters. The maximum absolute atomic E-state index is 5.90. The first-order chi connectivity index (χ1) is 13.3. The first-order valence-corrected chi connectivity index (χ1v) is 11.7. The number of hydrogen-bond donors (Lipinski definition) is 1. The summed E-state index contributed by atoms with van der Waals surface area (Å²) in [6.07, 6.45) is 12.7. The molecular formula is C22H41N3O2. The molecule has 0 amide bonds. The molecule has 0 spiro atoms. The summed E-state index contributed by atoms with van der Waals surface area (Å²) in [6.45, 7) is 10.6. The van der Waals surface area contributed by atoms with Crippen LogP contribution >= 0.6 is 0 Å². The van der Waals surface area contributed by atoms with Gasteiger partial charge in [0.1, 0.15) is 0 Å². The summed E-state index contributed by atoms with van der Waals surface area (Å²) >= 11 is 0. The van der Waals surface area contributed by atoms with E-state index in [0.29, 0.717) is 17.7 Å². The second-order valence-corrected chi connectivity index (χ2v) is 9.29. The van der Waals surface area contributed by atoms with E-state index in [1.54, 1.807) is 0 Å². The second-order valence-electron chi connectivity index (χ2n) is 9.29. The largest absolute Gasteiger partial charge is 0.379 e. The van der Waals surface area contributed by atoms with Crippen LogP contribution in [0.25, 0.3) is 0 Å². The highest BCUT2D eigenvalue weighted by Gasteiger charge is 2.49. The summed E-state index contributed by atoms with van der Waals surface area (Å²) in [6, 6.07) is 1.59. The number of morpholine rings is 1. The molecule has 0 aromatic heterocycles. The monoisotopic (exact) mass is 379 g/mol. The maximum Gasteiger partial charge on any atom is 0.0611 e. The van der Waals surface area contributed by atoms with E-state index in [1.165, 1.54) is 70.9 Å². The summed E-state index contributed by atoms with van der Waals surface area (Å²) in [7, 11) is 0. The molecule has 4 fully saturated rings. The summed E-state index contributed by atoms with van der Waals surface area (Å²) < 4.78 is 11.5. The molecule has 0 aromatic carbocycles. The lowest BCUT2D eigenvalue weighted by atomic mass is 9.72. The van der Waals surface area contributed by atoms with Crippen LogP contribution in [-0.4, -0.2) is 86.1 Å². The van der Waals surface area contributed by atoms with Gasteiger partial charge < -0.3 is 19.7 Å². The second kappa shape index (κ2) is 9.53. The first-order valence-electron chi connectivity index (χ1n) is 11.7. The highest BCUT2D eigenvalue weighted by Crippen LogP contribution is 2.40. The van der Waals surface area contributed by atoms with Crippen molar-refractivity contribution in [3.63, 3.8) is 0 Å². The molecule has 5 nitrogen and oxygen atoms in total. The van der Waals surface area contributed by atoms with E-state index in [2.05, 4.69) is 22.0 Å². The van der Waals surface area contributed by atoms with E-state index in [4.69, 9.17) is 9.47 Å². The Morgan fingerprint density at radius 3 is 2.33 bits per heavy atom. The van der Waals surface area contributed by atoms with Crippen molar-refractivity contribution in [3.05, 3.63) is 0 Å². The molecule has 0 bridgehead atoms. The number of rotatable bonds is 7. The Hall–Kier alpha value is -0.200. The van der Waals surface area contributed by atoms with E-state index in [1.807, 2.05) is 0 Å². The minimum atomic E-state index is 0.310. The van der Waals surface area contributed by atoms with Crippen molar-refractivity contribution in [1.29, 1.82) is 0 Å². The zero-order chi connectivity index (χ0) is 18.5. The average Bonchev–Trinajstić information content (AvgIpc) is 2.71. The highest BCUT2D eigenvalue weighted by atomic mass is 16.5. The Labute approximate surface area is 166 Å². The van der Waals surface area contributed by atoms with Crippen molar-refractivity contribution >= 4 is 0 Å². The van der Waals surface area contributed by atoms with Crippen LogP contribution in [0.4, 0.5) is 0 Å². The molecule has 27 heavy (non-hydrogen) atoms. The van der Waals surface area contributed by atoms with E-state index < -0.39 is 0 Å². The molecule has 2 heterocycles. The number of hydrogen-bond acceptors (Lipinski definition) is 5. The lowest BCUT2D eigenvalue weighted by Gasteiger charge is -2.55. The Morgan fingerprint density at radius 2 is 1.67 bits per heavy atom. The third-order valence-electron chi connectivity index (χ3n) is 7.64. The van der Waals surface area contributed by atoms with Crippen molar-refractivity contribution in [2.45, 2.75) is 88.4 Å². The number of nitrogens with one attached hydrogen (secondary N) is 1. The molecule has 4 aliphatic rings. The third-order valence-corrected chi connectivity index (χ3v) is 7.64. The fourth-order valence-electron chi connectivity index (χ4n) is 5.94. The molecule has 5 heteroatoms. The van der Waals surface area contributed by atoms with Crippen molar-refractivity contribution < 1.29 is 9.47 Å². The zero-order valence-corrected chi connectivity index (χ0v) is 17.5. The van der Waals surface area contributed by atoms with Crippen LogP contribution in [0.2, 0.25) is 0 Å². The van der Waals surface area contributed by atoms with Gasteiger partial charge in [0.2, 0.25) is 0 Å². The molecular weight excluding hydrogens is 338 g/mol. The summed E-state index contributed by atoms with van der Waals surface area (Å²) in [5, 5.41) is 3.98. The van der Waals surface area contributed by atoms with Crippen LogP contribution in [0.5, 0.6) is 0 Å². The van der Waals surface area contributed by atoms with E-state index in [-0.39, 0.29) is 0 Å². The van der Waals surface area contributed by atoms with Crippen molar-refractivity contribution in [1.82, 2.24) is 15.1 Å². The lowest BCUT2D eigenvalue weighted by molar-refractivity contribution is -0.126. The van der Waals surface area contributed by atoms with Crippen molar-refractivity contribution in [3.8, 4) is 0 Å². The molecule has 156 valence electrons. The highest BCUT2D eigenvalue weighted by molar-refractivity contribution is 5.06. The quantitative estimate of drug-likeness (QED) is 0.736. The molecule has 0 unspecified atom stereocenters. The van der Waals surface area contributed by atoms with Crippen LogP contribution in [0.3, 0.4) is 0 Å². The first kappa shape index (κ1) is 20.1. The molecule has 2 aliphatic heterocycles. The predicted octanol–water partition coefficient (Wildman–Crippen LogP) is 2.64. The standard InChI is InChI=1S/C22H41N3O2/c1-2-27-21-16-22(17-21,25-12-14-26-15-13-25)18-23-19-8-10-24(11-9-19)20-6-4-3-5-7-20/h19-21,23H,2-18H2,1H3. The number of piperidine rings is 1. The number of nitrogens with zero attached hydrogens (tertiary/aromatic N) is 2. The molecule has 0 aromatic rings. The minimum absolute atomic E-state index is 0.310. The maximum atomic E-state index is 5.90. The van der Waals surface area contributed by atoms with Crippen LogP contribution in [-0.2, 0) is 9.47 Å². The van der Waals surface area contributed by atoms with Gasteiger partial charge in [0, 0.05) is 43.9 Å². The van der Waals surface area contributed by atoms with Gasteiger partial charge in [0.05, 0.1) is 19.3 Å². The fourth-order valence-corrected chi connectivity index (χ4v) is 5.94. The lowest BCUT2D eigenvalue weighted by Crippen LogP contribution is -2.67. The summed E-state index contributed by atoms with van der Waals surface area (Å²) in [4.78, 5) is 5.49. The van der Waals surface area contributed by atoms with Gasteiger partial charge in [-0.25, -0.2) is 0 Å². The van der Waals surface area contributed by atoms with Gasteiger partial charge in [0.25, 0.3) is 0 Å². The van der Waals surface area contributed by atoms with Crippen LogP contribution < -0.4 is 5.32 Å². The minimum Gasteiger partial charge on any atom is -0.379 e. The van der Waals surface area contributed by atoms with Gasteiger partial charge >= 0.3 is 0 Å². The summed E-state index contributed by atoms with van der Waals surface area (Å²) in [5.41, 5.74) is 0.310. The molecule has 0 radical (unpaired) electrons. The molecule has 2 aliphatic carbocycles. The summed E-state index contributed by atoms with van der Waals surface area (Å²) in [5.74, 6) is 0. The van der Waals surface area contributed by atoms with E-state index >= 15 is 0 Å².